The second-order valence-electron chi connectivity index (χ2n) is 5.61. The number of nitrogens with zero attached hydrogens (tertiary/aromatic N) is 1. The van der Waals surface area contributed by atoms with E-state index in [0.29, 0.717) is 0 Å². The van der Waals surface area contributed by atoms with Gasteiger partial charge in [0.1, 0.15) is 0 Å². The van der Waals surface area contributed by atoms with E-state index in [1.165, 1.54) is 58.2 Å². The van der Waals surface area contributed by atoms with Crippen molar-refractivity contribution in [2.75, 3.05) is 19.6 Å². The molecule has 0 aromatic heterocycles. The monoisotopic (exact) mass is 224 g/mol. The van der Waals surface area contributed by atoms with Gasteiger partial charge in [0.05, 0.1) is 0 Å². The molecule has 0 amide bonds. The van der Waals surface area contributed by atoms with Crippen molar-refractivity contribution in [2.45, 2.75) is 64.5 Å². The number of nitrogens with one attached hydrogen (secondary N) is 1. The molecule has 2 nitrogen and oxygen atoms in total. The van der Waals surface area contributed by atoms with Crippen molar-refractivity contribution in [3.8, 4) is 0 Å². The molecule has 0 aromatic rings. The van der Waals surface area contributed by atoms with Crippen molar-refractivity contribution in [2.24, 2.45) is 5.92 Å². The largest absolute Gasteiger partial charge is 0.311 e. The SMILES string of the molecule is CCCC(NC1CCN(CC)CC1)C1CC1. The molecule has 1 unspecified atom stereocenters. The Labute approximate surface area is 101 Å². The van der Waals surface area contributed by atoms with Crippen molar-refractivity contribution in [1.82, 2.24) is 10.2 Å². The van der Waals surface area contributed by atoms with Gasteiger partial charge in [0.15, 0.2) is 0 Å². The lowest BCUT2D eigenvalue weighted by atomic mass is 10.0. The first-order valence-electron chi connectivity index (χ1n) is 7.31. The van der Waals surface area contributed by atoms with Crippen LogP contribution in [0.5, 0.6) is 0 Å². The van der Waals surface area contributed by atoms with Crippen LogP contribution in [0.1, 0.15) is 52.4 Å². The van der Waals surface area contributed by atoms with Crippen LogP contribution in [0.3, 0.4) is 0 Å². The maximum Gasteiger partial charge on any atom is 0.00978 e. The van der Waals surface area contributed by atoms with Crippen LogP contribution in [-0.4, -0.2) is 36.6 Å². The molecule has 1 aliphatic heterocycles. The second kappa shape index (κ2) is 6.02. The minimum atomic E-state index is 0.806. The molecular formula is C14H28N2. The topological polar surface area (TPSA) is 15.3 Å². The molecule has 2 fully saturated rings. The van der Waals surface area contributed by atoms with Crippen LogP contribution in [0.2, 0.25) is 0 Å². The number of hydrogen-bond donors (Lipinski definition) is 1. The molecule has 1 saturated carbocycles. The number of hydrogen-bond acceptors (Lipinski definition) is 2. The predicted octanol–water partition coefficient (Wildman–Crippen LogP) is 2.64. The first kappa shape index (κ1) is 12.4. The normalized spacial score (nSPS) is 25.9. The average Bonchev–Trinajstić information content (AvgIpc) is 3.13. The van der Waals surface area contributed by atoms with E-state index in [4.69, 9.17) is 0 Å². The minimum absolute atomic E-state index is 0.806. The molecule has 1 saturated heterocycles. The third-order valence-electron chi connectivity index (χ3n) is 4.28. The summed E-state index contributed by atoms with van der Waals surface area (Å²) in [5.41, 5.74) is 0. The van der Waals surface area contributed by atoms with E-state index in [9.17, 15) is 0 Å². The molecule has 2 aliphatic rings. The number of rotatable bonds is 6. The summed E-state index contributed by atoms with van der Waals surface area (Å²) < 4.78 is 0. The van der Waals surface area contributed by atoms with Crippen LogP contribution in [0.25, 0.3) is 0 Å². The van der Waals surface area contributed by atoms with E-state index in [2.05, 4.69) is 24.1 Å². The van der Waals surface area contributed by atoms with Gasteiger partial charge in [0.25, 0.3) is 0 Å². The summed E-state index contributed by atoms with van der Waals surface area (Å²) in [4.78, 5) is 2.57. The van der Waals surface area contributed by atoms with Crippen molar-refractivity contribution in [3.05, 3.63) is 0 Å². The smallest absolute Gasteiger partial charge is 0.00978 e. The maximum absolute atomic E-state index is 3.94. The number of likely N-dealkylation sites (tertiary alicyclic amines) is 1. The van der Waals surface area contributed by atoms with E-state index < -0.39 is 0 Å². The Kier molecular flexibility index (Phi) is 4.66. The molecule has 16 heavy (non-hydrogen) atoms. The summed E-state index contributed by atoms with van der Waals surface area (Å²) in [6, 6.07) is 1.64. The highest BCUT2D eigenvalue weighted by Gasteiger charge is 2.32. The van der Waals surface area contributed by atoms with E-state index in [-0.39, 0.29) is 0 Å². The molecule has 1 atom stereocenters. The molecule has 1 aliphatic carbocycles. The summed E-state index contributed by atoms with van der Waals surface area (Å²) in [5.74, 6) is 1.02. The van der Waals surface area contributed by atoms with Gasteiger partial charge in [-0.15, -0.1) is 0 Å². The highest BCUT2D eigenvalue weighted by molar-refractivity contribution is 4.89. The Morgan fingerprint density at radius 2 is 1.81 bits per heavy atom. The van der Waals surface area contributed by atoms with E-state index >= 15 is 0 Å². The first-order valence-corrected chi connectivity index (χ1v) is 7.31. The van der Waals surface area contributed by atoms with Gasteiger partial charge in [0.2, 0.25) is 0 Å². The van der Waals surface area contributed by atoms with E-state index in [1.54, 1.807) is 0 Å². The summed E-state index contributed by atoms with van der Waals surface area (Å²) in [6.07, 6.45) is 8.40. The fourth-order valence-electron chi connectivity index (χ4n) is 2.98. The fraction of sp³-hybridized carbons (Fsp3) is 1.00. The van der Waals surface area contributed by atoms with Crippen LogP contribution < -0.4 is 5.32 Å². The van der Waals surface area contributed by atoms with Gasteiger partial charge in [0, 0.05) is 12.1 Å². The highest BCUT2D eigenvalue weighted by Crippen LogP contribution is 2.35. The zero-order chi connectivity index (χ0) is 11.4. The predicted molar refractivity (Wildman–Crippen MR) is 69.7 cm³/mol. The molecule has 0 radical (unpaired) electrons. The quantitative estimate of drug-likeness (QED) is 0.746. The lowest BCUT2D eigenvalue weighted by Crippen LogP contribution is -2.46. The maximum atomic E-state index is 3.94. The van der Waals surface area contributed by atoms with Gasteiger partial charge in [-0.05, 0) is 57.7 Å². The Bertz CT molecular complexity index is 193. The molecular weight excluding hydrogens is 196 g/mol. The van der Waals surface area contributed by atoms with Gasteiger partial charge in [-0.1, -0.05) is 20.3 Å². The molecule has 2 rings (SSSR count). The van der Waals surface area contributed by atoms with Crippen LogP contribution in [-0.2, 0) is 0 Å². The molecule has 2 heteroatoms. The first-order chi connectivity index (χ1) is 7.83. The van der Waals surface area contributed by atoms with Crippen LogP contribution in [0.15, 0.2) is 0 Å². The zero-order valence-electron chi connectivity index (χ0n) is 11.0. The van der Waals surface area contributed by atoms with Gasteiger partial charge in [-0.2, -0.15) is 0 Å². The molecule has 1 N–H and O–H groups in total. The highest BCUT2D eigenvalue weighted by atomic mass is 15.1. The third-order valence-corrected chi connectivity index (χ3v) is 4.28. The van der Waals surface area contributed by atoms with Gasteiger partial charge < -0.3 is 10.2 Å². The van der Waals surface area contributed by atoms with Gasteiger partial charge in [-0.25, -0.2) is 0 Å². The molecule has 1 heterocycles. The summed E-state index contributed by atoms with van der Waals surface area (Å²) in [7, 11) is 0. The van der Waals surface area contributed by atoms with E-state index in [0.717, 1.165) is 18.0 Å². The van der Waals surface area contributed by atoms with Gasteiger partial charge >= 0.3 is 0 Å². The van der Waals surface area contributed by atoms with Crippen LogP contribution in [0.4, 0.5) is 0 Å². The Morgan fingerprint density at radius 3 is 2.31 bits per heavy atom. The fourth-order valence-corrected chi connectivity index (χ4v) is 2.98. The summed E-state index contributed by atoms with van der Waals surface area (Å²) in [6.45, 7) is 8.43. The van der Waals surface area contributed by atoms with E-state index in [1.807, 2.05) is 0 Å². The lowest BCUT2D eigenvalue weighted by molar-refractivity contribution is 0.193. The van der Waals surface area contributed by atoms with Crippen LogP contribution >= 0.6 is 0 Å². The van der Waals surface area contributed by atoms with Crippen molar-refractivity contribution >= 4 is 0 Å². The van der Waals surface area contributed by atoms with Gasteiger partial charge in [-0.3, -0.25) is 0 Å². The Morgan fingerprint density at radius 1 is 1.12 bits per heavy atom. The molecule has 0 spiro atoms. The van der Waals surface area contributed by atoms with Crippen molar-refractivity contribution in [3.63, 3.8) is 0 Å². The lowest BCUT2D eigenvalue weighted by Gasteiger charge is -2.34. The Hall–Kier alpha value is -0.0800. The summed E-state index contributed by atoms with van der Waals surface area (Å²) in [5, 5.41) is 3.94. The molecule has 94 valence electrons. The van der Waals surface area contributed by atoms with Crippen LogP contribution in [0, 0.1) is 5.92 Å². The third kappa shape index (κ3) is 3.46. The zero-order valence-corrected chi connectivity index (χ0v) is 11.0. The van der Waals surface area contributed by atoms with Crippen molar-refractivity contribution < 1.29 is 0 Å². The average molecular weight is 224 g/mol. The Balaban J connectivity index is 1.71. The molecule has 0 aromatic carbocycles. The number of piperidine rings is 1. The van der Waals surface area contributed by atoms with Crippen molar-refractivity contribution in [1.29, 1.82) is 0 Å². The minimum Gasteiger partial charge on any atom is -0.311 e. The second-order valence-corrected chi connectivity index (χ2v) is 5.61. The summed E-state index contributed by atoms with van der Waals surface area (Å²) >= 11 is 0. The standard InChI is InChI=1S/C14H28N2/c1-3-5-14(12-6-7-12)15-13-8-10-16(4-2)11-9-13/h12-15H,3-11H2,1-2H3. The molecule has 0 bridgehead atoms.